The maximum atomic E-state index is 13.5. The molecule has 152 valence electrons. The number of terminal acetylenes is 1. The number of benzene rings is 2. The minimum absolute atomic E-state index is 0.240. The van der Waals surface area contributed by atoms with E-state index >= 15 is 0 Å². The molecule has 0 heterocycles. The topological polar surface area (TPSA) is 84.7 Å². The van der Waals surface area contributed by atoms with Crippen LogP contribution in [0.5, 0.6) is 0 Å². The molecule has 0 saturated carbocycles. The third kappa shape index (κ3) is 6.50. The maximum absolute atomic E-state index is 13.5. The zero-order chi connectivity index (χ0) is 21.6. The number of amides is 1. The summed E-state index contributed by atoms with van der Waals surface area (Å²) in [7, 11) is 0. The van der Waals surface area contributed by atoms with Gasteiger partial charge in [0.25, 0.3) is 0 Å². The minimum atomic E-state index is -0.889. The maximum Gasteiger partial charge on any atom is 0.412 e. The molecule has 7 nitrogen and oxygen atoms in total. The molecular weight excluding hydrogens is 377 g/mol. The van der Waals surface area contributed by atoms with E-state index in [1.807, 2.05) is 0 Å². The van der Waals surface area contributed by atoms with Crippen LogP contribution in [-0.2, 0) is 11.3 Å². The van der Waals surface area contributed by atoms with Crippen LogP contribution in [0, 0.1) is 28.3 Å². The van der Waals surface area contributed by atoms with Gasteiger partial charge in [0.05, 0.1) is 11.5 Å². The number of hydrogen-bond donors (Lipinski definition) is 1. The first-order valence-corrected chi connectivity index (χ1v) is 8.80. The van der Waals surface area contributed by atoms with Crippen molar-refractivity contribution in [2.45, 2.75) is 32.9 Å². The summed E-state index contributed by atoms with van der Waals surface area (Å²) >= 11 is 0. The van der Waals surface area contributed by atoms with Crippen molar-refractivity contribution in [2.24, 2.45) is 0 Å². The van der Waals surface area contributed by atoms with E-state index in [0.29, 0.717) is 11.3 Å². The first kappa shape index (κ1) is 21.7. The van der Waals surface area contributed by atoms with Gasteiger partial charge in [0.15, 0.2) is 0 Å². The summed E-state index contributed by atoms with van der Waals surface area (Å²) in [6.07, 6.45) is 4.88. The van der Waals surface area contributed by atoms with Gasteiger partial charge in [-0.15, -0.1) is 6.42 Å². The van der Waals surface area contributed by atoms with Crippen molar-refractivity contribution in [3.05, 3.63) is 64.0 Å². The highest BCUT2D eigenvalue weighted by atomic mass is 19.1. The number of nitro benzene ring substituents is 1. The fraction of sp³-hybridized carbons (Fsp3) is 0.286. The Morgan fingerprint density at radius 1 is 1.28 bits per heavy atom. The number of nitrogens with one attached hydrogen (secondary N) is 1. The lowest BCUT2D eigenvalue weighted by Gasteiger charge is -2.23. The van der Waals surface area contributed by atoms with Crippen molar-refractivity contribution in [3.63, 3.8) is 0 Å². The molecule has 0 aliphatic carbocycles. The molecular formula is C21H22FN3O4. The molecule has 2 aromatic rings. The Bertz CT molecular complexity index is 930. The van der Waals surface area contributed by atoms with Crippen LogP contribution >= 0.6 is 0 Å². The van der Waals surface area contributed by atoms with Gasteiger partial charge in [-0.05, 0) is 56.7 Å². The third-order valence-corrected chi connectivity index (χ3v) is 3.74. The zero-order valence-electron chi connectivity index (χ0n) is 16.4. The second-order valence-corrected chi connectivity index (χ2v) is 7.28. The SMILES string of the molecule is C#CCN(Cc1ccc(F)c([N+](=O)[O-])c1)c1ccc(NC(=O)OC(C)(C)C)cc1. The van der Waals surface area contributed by atoms with Crippen molar-refractivity contribution < 1.29 is 18.8 Å². The van der Waals surface area contributed by atoms with Crippen molar-refractivity contribution >= 4 is 23.2 Å². The molecule has 1 N–H and O–H groups in total. The number of carbonyl (C=O) groups is 1. The predicted octanol–water partition coefficient (Wildman–Crippen LogP) is 4.72. The number of anilines is 2. The second-order valence-electron chi connectivity index (χ2n) is 7.28. The fourth-order valence-electron chi connectivity index (χ4n) is 2.54. The quantitative estimate of drug-likeness (QED) is 0.432. The van der Waals surface area contributed by atoms with Crippen LogP contribution in [0.2, 0.25) is 0 Å². The number of nitrogens with zero attached hydrogens (tertiary/aromatic N) is 2. The van der Waals surface area contributed by atoms with Crippen LogP contribution in [-0.4, -0.2) is 23.2 Å². The zero-order valence-corrected chi connectivity index (χ0v) is 16.4. The van der Waals surface area contributed by atoms with Gasteiger partial charge in [-0.2, -0.15) is 4.39 Å². The van der Waals surface area contributed by atoms with E-state index < -0.39 is 28.1 Å². The third-order valence-electron chi connectivity index (χ3n) is 3.74. The second kappa shape index (κ2) is 9.06. The smallest absolute Gasteiger partial charge is 0.412 e. The highest BCUT2D eigenvalue weighted by Gasteiger charge is 2.17. The summed E-state index contributed by atoms with van der Waals surface area (Å²) < 4.78 is 18.8. The van der Waals surface area contributed by atoms with Crippen LogP contribution in [0.1, 0.15) is 26.3 Å². The standard InChI is InChI=1S/C21H22FN3O4/c1-5-12-24(14-15-6-11-18(22)19(13-15)25(27)28)17-9-7-16(8-10-17)23-20(26)29-21(2,3)4/h1,6-11,13H,12,14H2,2-4H3,(H,23,26). The molecule has 0 aliphatic heterocycles. The van der Waals surface area contributed by atoms with Crippen LogP contribution in [0.3, 0.4) is 0 Å². The number of hydrogen-bond acceptors (Lipinski definition) is 5. The molecule has 0 unspecified atom stereocenters. The van der Waals surface area contributed by atoms with Gasteiger partial charge < -0.3 is 9.64 Å². The van der Waals surface area contributed by atoms with Crippen LogP contribution in [0.4, 0.5) is 26.2 Å². The molecule has 0 atom stereocenters. The Balaban J connectivity index is 2.15. The van der Waals surface area contributed by atoms with E-state index in [4.69, 9.17) is 11.2 Å². The van der Waals surface area contributed by atoms with Gasteiger partial charge in [0, 0.05) is 24.0 Å². The van der Waals surface area contributed by atoms with Gasteiger partial charge in [-0.3, -0.25) is 15.4 Å². The molecule has 8 heteroatoms. The molecule has 1 amide bonds. The molecule has 0 aromatic heterocycles. The molecule has 0 spiro atoms. The van der Waals surface area contributed by atoms with Crippen LogP contribution in [0.25, 0.3) is 0 Å². The summed E-state index contributed by atoms with van der Waals surface area (Å²) in [5.41, 5.74) is 0.640. The van der Waals surface area contributed by atoms with Crippen LogP contribution in [0.15, 0.2) is 42.5 Å². The van der Waals surface area contributed by atoms with Crippen LogP contribution < -0.4 is 10.2 Å². The number of carbonyl (C=O) groups excluding carboxylic acids is 1. The number of ether oxygens (including phenoxy) is 1. The monoisotopic (exact) mass is 399 g/mol. The number of nitro groups is 1. The lowest BCUT2D eigenvalue weighted by Crippen LogP contribution is -2.27. The van der Waals surface area contributed by atoms with Gasteiger partial charge >= 0.3 is 11.8 Å². The van der Waals surface area contributed by atoms with Gasteiger partial charge in [-0.25, -0.2) is 4.79 Å². The number of halogens is 1. The summed E-state index contributed by atoms with van der Waals surface area (Å²) in [4.78, 5) is 23.8. The molecule has 2 rings (SSSR count). The van der Waals surface area contributed by atoms with E-state index in [1.165, 1.54) is 12.1 Å². The summed E-state index contributed by atoms with van der Waals surface area (Å²) in [6.45, 7) is 5.81. The Morgan fingerprint density at radius 2 is 1.93 bits per heavy atom. The van der Waals surface area contributed by atoms with E-state index in [-0.39, 0.29) is 13.1 Å². The highest BCUT2D eigenvalue weighted by molar-refractivity contribution is 5.85. The molecule has 29 heavy (non-hydrogen) atoms. The van der Waals surface area contributed by atoms with Gasteiger partial charge in [0.2, 0.25) is 5.82 Å². The lowest BCUT2D eigenvalue weighted by atomic mass is 10.1. The van der Waals surface area contributed by atoms with Gasteiger partial charge in [0.1, 0.15) is 5.60 Å². The Morgan fingerprint density at radius 3 is 2.48 bits per heavy atom. The number of rotatable bonds is 6. The predicted molar refractivity (Wildman–Crippen MR) is 109 cm³/mol. The Kier molecular flexibility index (Phi) is 6.78. The summed E-state index contributed by atoms with van der Waals surface area (Å²) in [6, 6.07) is 10.6. The molecule has 2 aromatic carbocycles. The van der Waals surface area contributed by atoms with Crippen molar-refractivity contribution in [1.82, 2.24) is 0 Å². The Hall–Kier alpha value is -3.60. The Labute approximate surface area is 168 Å². The van der Waals surface area contributed by atoms with E-state index in [1.54, 1.807) is 49.9 Å². The average molecular weight is 399 g/mol. The first-order valence-electron chi connectivity index (χ1n) is 8.80. The fourth-order valence-corrected chi connectivity index (χ4v) is 2.54. The van der Waals surface area contributed by atoms with E-state index in [0.717, 1.165) is 11.8 Å². The molecule has 0 saturated heterocycles. The molecule has 0 fully saturated rings. The average Bonchev–Trinajstić information content (AvgIpc) is 2.61. The molecule has 0 aliphatic rings. The minimum Gasteiger partial charge on any atom is -0.444 e. The van der Waals surface area contributed by atoms with Crippen molar-refractivity contribution in [1.29, 1.82) is 0 Å². The van der Waals surface area contributed by atoms with E-state index in [2.05, 4.69) is 11.2 Å². The molecule has 0 bridgehead atoms. The van der Waals surface area contributed by atoms with Crippen molar-refractivity contribution in [3.8, 4) is 12.3 Å². The van der Waals surface area contributed by atoms with Gasteiger partial charge in [-0.1, -0.05) is 12.0 Å². The first-order chi connectivity index (χ1) is 13.6. The summed E-state index contributed by atoms with van der Waals surface area (Å²) in [5.74, 6) is 1.65. The summed E-state index contributed by atoms with van der Waals surface area (Å²) in [5, 5.41) is 13.6. The molecule has 0 radical (unpaired) electrons. The largest absolute Gasteiger partial charge is 0.444 e. The van der Waals surface area contributed by atoms with Crippen molar-refractivity contribution in [2.75, 3.05) is 16.8 Å². The van der Waals surface area contributed by atoms with E-state index in [9.17, 15) is 19.3 Å². The highest BCUT2D eigenvalue weighted by Crippen LogP contribution is 2.23. The lowest BCUT2D eigenvalue weighted by molar-refractivity contribution is -0.387. The normalized spacial score (nSPS) is 10.7.